The maximum atomic E-state index is 12.1. The van der Waals surface area contributed by atoms with Crippen LogP contribution in [0.15, 0.2) is 29.1 Å². The van der Waals surface area contributed by atoms with Gasteiger partial charge in [0.25, 0.3) is 5.56 Å². The highest BCUT2D eigenvalue weighted by Gasteiger charge is 2.23. The minimum Gasteiger partial charge on any atom is -0.352 e. The Bertz CT molecular complexity index is 837. The number of H-pyrrole nitrogens is 1. The molecule has 6 heteroatoms. The van der Waals surface area contributed by atoms with Crippen LogP contribution in [-0.4, -0.2) is 29.4 Å². The quantitative estimate of drug-likeness (QED) is 0.743. The van der Waals surface area contributed by atoms with E-state index in [9.17, 15) is 14.4 Å². The number of pyridine rings is 1. The Balaban J connectivity index is 1.55. The summed E-state index contributed by atoms with van der Waals surface area (Å²) in [6.07, 6.45) is 2.56. The van der Waals surface area contributed by atoms with E-state index in [1.54, 1.807) is 0 Å². The number of fused-ring (bicyclic) bond motifs is 1. The van der Waals surface area contributed by atoms with Gasteiger partial charge in [-0.25, -0.2) is 0 Å². The molecule has 0 radical (unpaired) electrons. The number of nitrogens with one attached hydrogen (secondary N) is 3. The monoisotopic (exact) mass is 327 g/mol. The number of aromatic nitrogens is 1. The molecule has 0 unspecified atom stereocenters. The van der Waals surface area contributed by atoms with Crippen LogP contribution in [0.5, 0.6) is 0 Å². The van der Waals surface area contributed by atoms with Crippen LogP contribution < -0.4 is 16.2 Å². The van der Waals surface area contributed by atoms with Crippen molar-refractivity contribution in [3.05, 3.63) is 45.7 Å². The van der Waals surface area contributed by atoms with Gasteiger partial charge in [-0.2, -0.15) is 0 Å². The number of hydrogen-bond acceptors (Lipinski definition) is 3. The molecule has 2 amide bonds. The molecular weight excluding hydrogens is 306 g/mol. The molecule has 0 spiro atoms. The average molecular weight is 327 g/mol. The van der Waals surface area contributed by atoms with Crippen molar-refractivity contribution < 1.29 is 9.59 Å². The fourth-order valence-electron chi connectivity index (χ4n) is 2.57. The lowest BCUT2D eigenvalue weighted by molar-refractivity contribution is -0.126. The molecule has 1 fully saturated rings. The zero-order valence-corrected chi connectivity index (χ0v) is 13.6. The van der Waals surface area contributed by atoms with E-state index in [0.717, 1.165) is 29.3 Å². The van der Waals surface area contributed by atoms with Crippen LogP contribution in [0.2, 0.25) is 0 Å². The van der Waals surface area contributed by atoms with E-state index >= 15 is 0 Å². The molecule has 0 bridgehead atoms. The van der Waals surface area contributed by atoms with Gasteiger partial charge in [0.05, 0.1) is 6.54 Å². The zero-order chi connectivity index (χ0) is 17.1. The lowest BCUT2D eigenvalue weighted by atomic mass is 10.1. The van der Waals surface area contributed by atoms with E-state index in [4.69, 9.17) is 0 Å². The van der Waals surface area contributed by atoms with E-state index in [1.807, 2.05) is 31.2 Å². The first-order valence-electron chi connectivity index (χ1n) is 8.20. The van der Waals surface area contributed by atoms with Crippen molar-refractivity contribution in [2.75, 3.05) is 6.54 Å². The largest absolute Gasteiger partial charge is 0.352 e. The highest BCUT2D eigenvalue weighted by molar-refractivity contribution is 5.85. The highest BCUT2D eigenvalue weighted by atomic mass is 16.2. The third kappa shape index (κ3) is 4.22. The fourth-order valence-corrected chi connectivity index (χ4v) is 2.57. The van der Waals surface area contributed by atoms with Crippen LogP contribution in [0.25, 0.3) is 10.9 Å². The van der Waals surface area contributed by atoms with E-state index in [2.05, 4.69) is 15.6 Å². The van der Waals surface area contributed by atoms with Gasteiger partial charge >= 0.3 is 0 Å². The molecule has 1 aliphatic rings. The third-order valence-electron chi connectivity index (χ3n) is 4.09. The number of carbonyl (C=O) groups excluding carboxylic acids is 2. The summed E-state index contributed by atoms with van der Waals surface area (Å²) >= 11 is 0. The number of rotatable bonds is 6. The second kappa shape index (κ2) is 6.86. The van der Waals surface area contributed by atoms with Crippen molar-refractivity contribution >= 4 is 22.7 Å². The van der Waals surface area contributed by atoms with Crippen molar-refractivity contribution in [3.8, 4) is 0 Å². The number of aryl methyl sites for hydroxylation is 2. The molecular formula is C18H21N3O3. The van der Waals surface area contributed by atoms with Crippen molar-refractivity contribution in [1.29, 1.82) is 0 Å². The van der Waals surface area contributed by atoms with Crippen LogP contribution in [0.3, 0.4) is 0 Å². The Morgan fingerprint density at radius 3 is 2.75 bits per heavy atom. The van der Waals surface area contributed by atoms with Gasteiger partial charge in [0.15, 0.2) is 0 Å². The maximum absolute atomic E-state index is 12.1. The van der Waals surface area contributed by atoms with Gasteiger partial charge in [-0.3, -0.25) is 14.4 Å². The average Bonchev–Trinajstić information content (AvgIpc) is 3.35. The van der Waals surface area contributed by atoms with E-state index < -0.39 is 0 Å². The molecule has 0 aliphatic heterocycles. The molecule has 1 aromatic carbocycles. The summed E-state index contributed by atoms with van der Waals surface area (Å²) in [5.41, 5.74) is 2.27. The summed E-state index contributed by atoms with van der Waals surface area (Å²) in [5, 5.41) is 6.34. The Kier molecular flexibility index (Phi) is 4.64. The molecule has 3 N–H and O–H groups in total. The first kappa shape index (κ1) is 16.2. The molecule has 1 aromatic heterocycles. The number of amides is 2. The second-order valence-electron chi connectivity index (χ2n) is 6.33. The van der Waals surface area contributed by atoms with Gasteiger partial charge in [-0.15, -0.1) is 0 Å². The lowest BCUT2D eigenvalue weighted by Crippen LogP contribution is -2.38. The van der Waals surface area contributed by atoms with Gasteiger partial charge in [-0.05, 0) is 49.3 Å². The minimum absolute atomic E-state index is 0.0112. The Labute approximate surface area is 139 Å². The molecule has 0 saturated heterocycles. The molecule has 1 heterocycles. The van der Waals surface area contributed by atoms with Crippen LogP contribution >= 0.6 is 0 Å². The zero-order valence-electron chi connectivity index (χ0n) is 13.6. The van der Waals surface area contributed by atoms with Crippen LogP contribution in [-0.2, 0) is 16.0 Å². The van der Waals surface area contributed by atoms with Gasteiger partial charge in [-0.1, -0.05) is 12.1 Å². The standard InChI is InChI=1S/C18H21N3O3/c1-11-2-3-12-9-13(18(24)21-15(12)8-11)4-7-16(22)19-10-17(23)20-14-5-6-14/h2-3,8-9,14H,4-7,10H2,1H3,(H,19,22)(H,20,23)(H,21,24). The lowest BCUT2D eigenvalue weighted by Gasteiger charge is -2.07. The van der Waals surface area contributed by atoms with Crippen molar-refractivity contribution in [3.63, 3.8) is 0 Å². The number of carbonyl (C=O) groups is 2. The molecule has 3 rings (SSSR count). The molecule has 6 nitrogen and oxygen atoms in total. The van der Waals surface area contributed by atoms with Crippen molar-refractivity contribution in [2.24, 2.45) is 0 Å². The SMILES string of the molecule is Cc1ccc2cc(CCC(=O)NCC(=O)NC3CC3)c(=O)[nH]c2c1. The van der Waals surface area contributed by atoms with Crippen LogP contribution in [0.4, 0.5) is 0 Å². The van der Waals surface area contributed by atoms with E-state index in [-0.39, 0.29) is 36.4 Å². The summed E-state index contributed by atoms with van der Waals surface area (Å²) < 4.78 is 0. The summed E-state index contributed by atoms with van der Waals surface area (Å²) in [6, 6.07) is 7.96. The molecule has 1 saturated carbocycles. The number of hydrogen-bond donors (Lipinski definition) is 3. The summed E-state index contributed by atoms with van der Waals surface area (Å²) in [6.45, 7) is 1.96. The molecule has 24 heavy (non-hydrogen) atoms. The van der Waals surface area contributed by atoms with Crippen molar-refractivity contribution in [1.82, 2.24) is 15.6 Å². The third-order valence-corrected chi connectivity index (χ3v) is 4.09. The molecule has 0 atom stereocenters. The van der Waals surface area contributed by atoms with Gasteiger partial charge < -0.3 is 15.6 Å². The van der Waals surface area contributed by atoms with Gasteiger partial charge in [0, 0.05) is 23.5 Å². The van der Waals surface area contributed by atoms with Crippen LogP contribution in [0, 0.1) is 6.92 Å². The summed E-state index contributed by atoms with van der Waals surface area (Å²) in [7, 11) is 0. The Hall–Kier alpha value is -2.63. The number of benzene rings is 1. The predicted molar refractivity (Wildman–Crippen MR) is 91.8 cm³/mol. The van der Waals surface area contributed by atoms with E-state index in [0.29, 0.717) is 12.0 Å². The smallest absolute Gasteiger partial charge is 0.251 e. The normalized spacial score (nSPS) is 13.7. The van der Waals surface area contributed by atoms with Crippen molar-refractivity contribution in [2.45, 2.75) is 38.6 Å². The molecule has 1 aliphatic carbocycles. The summed E-state index contributed by atoms with van der Waals surface area (Å²) in [4.78, 5) is 38.3. The molecule has 126 valence electrons. The van der Waals surface area contributed by atoms with Gasteiger partial charge in [0.1, 0.15) is 0 Å². The Morgan fingerprint density at radius 2 is 2.00 bits per heavy atom. The maximum Gasteiger partial charge on any atom is 0.251 e. The summed E-state index contributed by atoms with van der Waals surface area (Å²) in [5.74, 6) is -0.394. The minimum atomic E-state index is -0.232. The first-order chi connectivity index (χ1) is 11.5. The van der Waals surface area contributed by atoms with E-state index in [1.165, 1.54) is 0 Å². The topological polar surface area (TPSA) is 91.1 Å². The van der Waals surface area contributed by atoms with Gasteiger partial charge in [0.2, 0.25) is 11.8 Å². The first-order valence-corrected chi connectivity index (χ1v) is 8.20. The fraction of sp³-hybridized carbons (Fsp3) is 0.389. The second-order valence-corrected chi connectivity index (χ2v) is 6.33. The Morgan fingerprint density at radius 1 is 1.21 bits per heavy atom. The van der Waals surface area contributed by atoms with Crippen LogP contribution in [0.1, 0.15) is 30.4 Å². The number of aromatic amines is 1. The predicted octanol–water partition coefficient (Wildman–Crippen LogP) is 1.16. The molecule has 2 aromatic rings. The highest BCUT2D eigenvalue weighted by Crippen LogP contribution is 2.18.